The first-order valence-corrected chi connectivity index (χ1v) is 14.1. The van der Waals surface area contributed by atoms with E-state index < -0.39 is 0 Å². The van der Waals surface area contributed by atoms with Gasteiger partial charge in [-0.2, -0.15) is 0 Å². The maximum absolute atomic E-state index is 13.2. The second kappa shape index (κ2) is 12.3. The normalized spacial score (nSPS) is 15.6. The third kappa shape index (κ3) is 6.24. The molecule has 2 amide bonds. The van der Waals surface area contributed by atoms with Crippen molar-refractivity contribution in [3.8, 4) is 11.3 Å². The van der Waals surface area contributed by atoms with Gasteiger partial charge < -0.3 is 20.5 Å². The highest BCUT2D eigenvalue weighted by atomic mass is 32.2. The van der Waals surface area contributed by atoms with Gasteiger partial charge in [0.05, 0.1) is 24.4 Å². The molecule has 0 radical (unpaired) electrons. The quantitative estimate of drug-likeness (QED) is 0.314. The molecule has 1 atom stereocenters. The highest BCUT2D eigenvalue weighted by Crippen LogP contribution is 2.31. The molecule has 9 nitrogen and oxygen atoms in total. The van der Waals surface area contributed by atoms with Crippen molar-refractivity contribution in [2.75, 3.05) is 20.1 Å². The van der Waals surface area contributed by atoms with Crippen molar-refractivity contribution in [3.63, 3.8) is 0 Å². The average Bonchev–Trinajstić information content (AvgIpc) is 3.60. The number of carbonyl (C=O) groups excluding carboxylic acids is 2. The molecule has 5 rings (SSSR count). The van der Waals surface area contributed by atoms with Crippen LogP contribution in [-0.2, 0) is 9.59 Å². The van der Waals surface area contributed by atoms with E-state index in [1.807, 2.05) is 23.9 Å². The Labute approximate surface area is 226 Å². The van der Waals surface area contributed by atoms with Crippen molar-refractivity contribution in [2.45, 2.75) is 51.0 Å². The monoisotopic (exact) mass is 531 g/mol. The van der Waals surface area contributed by atoms with Gasteiger partial charge >= 0.3 is 0 Å². The number of H-pyrrole nitrogens is 1. The predicted molar refractivity (Wildman–Crippen MR) is 151 cm³/mol. The minimum atomic E-state index is -0.248. The smallest absolute Gasteiger partial charge is 0.226 e. The minimum Gasteiger partial charge on any atom is -0.359 e. The van der Waals surface area contributed by atoms with Crippen molar-refractivity contribution in [3.05, 3.63) is 59.8 Å². The number of nitrogens with one attached hydrogen (secondary N) is 3. The number of aromatic nitrogens is 3. The molecular formula is C28H33N7O2S. The average molecular weight is 532 g/mol. The van der Waals surface area contributed by atoms with Gasteiger partial charge in [-0.05, 0) is 42.2 Å². The molecular weight excluding hydrogens is 498 g/mol. The third-order valence-corrected chi connectivity index (χ3v) is 7.84. The number of benzene rings is 1. The Morgan fingerprint density at radius 1 is 1.13 bits per heavy atom. The van der Waals surface area contributed by atoms with E-state index in [1.54, 1.807) is 25.0 Å². The number of amides is 2. The van der Waals surface area contributed by atoms with Crippen molar-refractivity contribution < 1.29 is 9.59 Å². The van der Waals surface area contributed by atoms with Crippen molar-refractivity contribution in [1.82, 2.24) is 30.5 Å². The zero-order valence-corrected chi connectivity index (χ0v) is 22.4. The number of aromatic amines is 1. The van der Waals surface area contributed by atoms with Gasteiger partial charge in [0.25, 0.3) is 0 Å². The molecule has 38 heavy (non-hydrogen) atoms. The molecule has 1 aromatic carbocycles. The molecule has 0 bridgehead atoms. The van der Waals surface area contributed by atoms with Gasteiger partial charge in [-0.15, -0.1) is 0 Å². The summed E-state index contributed by atoms with van der Waals surface area (Å²) in [5.74, 6) is 0.758. The number of hydrogen-bond acceptors (Lipinski definition) is 7. The Balaban J connectivity index is 1.27. The highest BCUT2D eigenvalue weighted by molar-refractivity contribution is 8.16. The van der Waals surface area contributed by atoms with Gasteiger partial charge in [0.2, 0.25) is 11.8 Å². The number of hydrogen-bond donors (Lipinski definition) is 3. The first-order valence-electron chi connectivity index (χ1n) is 13.2. The van der Waals surface area contributed by atoms with Gasteiger partial charge in [0.1, 0.15) is 5.82 Å². The SMILES string of the molecule is CNC(=O)CCCCC[C@H](NC(=O)CC1=CSC2=NCCCN12)c1ncc(-c2ccc3ccncc3c2)[nH]1. The Morgan fingerprint density at radius 2 is 2.05 bits per heavy atom. The lowest BCUT2D eigenvalue weighted by molar-refractivity contribution is -0.121. The summed E-state index contributed by atoms with van der Waals surface area (Å²) in [6.45, 7) is 1.76. The molecule has 2 aliphatic rings. The van der Waals surface area contributed by atoms with Crippen LogP contribution < -0.4 is 10.6 Å². The van der Waals surface area contributed by atoms with Crippen molar-refractivity contribution in [2.24, 2.45) is 4.99 Å². The maximum atomic E-state index is 13.2. The summed E-state index contributed by atoms with van der Waals surface area (Å²) in [4.78, 5) is 43.8. The standard InChI is InChI=1S/C28H33N7O2S/c1-29-25(36)7-4-2-3-6-23(33-26(37)15-22-18-38-28-31-11-5-13-35(22)28)27-32-17-24(34-27)20-9-8-19-10-12-30-16-21(19)14-20/h8-10,12,14,16-18,23H,2-7,11,13,15H2,1H3,(H,29,36)(H,32,34)(H,33,37)/t23-/m0/s1. The molecule has 3 N–H and O–H groups in total. The van der Waals surface area contributed by atoms with E-state index in [9.17, 15) is 9.59 Å². The van der Waals surface area contributed by atoms with Crippen LogP contribution in [-0.4, -0.2) is 57.0 Å². The summed E-state index contributed by atoms with van der Waals surface area (Å²) in [5, 5.41) is 11.1. The van der Waals surface area contributed by atoms with Crippen LogP contribution in [0.1, 0.15) is 56.8 Å². The van der Waals surface area contributed by atoms with E-state index in [-0.39, 0.29) is 17.9 Å². The van der Waals surface area contributed by atoms with Crippen LogP contribution in [0.15, 0.2) is 59.0 Å². The molecule has 2 aliphatic heterocycles. The Kier molecular flexibility index (Phi) is 8.37. The lowest BCUT2D eigenvalue weighted by Gasteiger charge is -2.25. The van der Waals surface area contributed by atoms with Crippen LogP contribution in [0.4, 0.5) is 0 Å². The number of carbonyl (C=O) groups is 2. The van der Waals surface area contributed by atoms with Gasteiger partial charge in [-0.1, -0.05) is 36.7 Å². The van der Waals surface area contributed by atoms with Gasteiger partial charge in [-0.25, -0.2) is 4.98 Å². The summed E-state index contributed by atoms with van der Waals surface area (Å²) in [7, 11) is 1.66. The number of unbranched alkanes of at least 4 members (excludes halogenated alkanes) is 2. The van der Waals surface area contributed by atoms with E-state index in [0.717, 1.165) is 83.9 Å². The summed E-state index contributed by atoms with van der Waals surface area (Å²) in [6, 6.07) is 7.97. The molecule has 0 saturated carbocycles. The lowest BCUT2D eigenvalue weighted by Crippen LogP contribution is -2.34. The largest absolute Gasteiger partial charge is 0.359 e. The summed E-state index contributed by atoms with van der Waals surface area (Å²) >= 11 is 1.60. The van der Waals surface area contributed by atoms with Gasteiger partial charge in [0.15, 0.2) is 5.17 Å². The van der Waals surface area contributed by atoms with Crippen LogP contribution in [0.5, 0.6) is 0 Å². The zero-order valence-electron chi connectivity index (χ0n) is 21.6. The number of imidazole rings is 1. The van der Waals surface area contributed by atoms with Crippen LogP contribution in [0, 0.1) is 0 Å². The fraction of sp³-hybridized carbons (Fsp3) is 0.393. The van der Waals surface area contributed by atoms with E-state index in [4.69, 9.17) is 0 Å². The van der Waals surface area contributed by atoms with Gasteiger partial charge in [-0.3, -0.25) is 19.6 Å². The molecule has 198 valence electrons. The molecule has 10 heteroatoms. The number of amidine groups is 1. The molecule has 2 aromatic heterocycles. The molecule has 0 aliphatic carbocycles. The number of rotatable bonds is 11. The molecule has 3 aromatic rings. The molecule has 0 spiro atoms. The molecule has 0 fully saturated rings. The maximum Gasteiger partial charge on any atom is 0.226 e. The highest BCUT2D eigenvalue weighted by Gasteiger charge is 2.27. The number of pyridine rings is 1. The Bertz CT molecular complexity index is 1370. The zero-order chi connectivity index (χ0) is 26.3. The van der Waals surface area contributed by atoms with E-state index in [1.165, 1.54) is 0 Å². The lowest BCUT2D eigenvalue weighted by atomic mass is 10.1. The number of thioether (sulfide) groups is 1. The Morgan fingerprint density at radius 3 is 2.95 bits per heavy atom. The summed E-state index contributed by atoms with van der Waals surface area (Å²) in [5.41, 5.74) is 2.92. The first-order chi connectivity index (χ1) is 18.6. The second-order valence-corrected chi connectivity index (χ2v) is 10.4. The molecule has 0 saturated heterocycles. The molecule has 4 heterocycles. The number of nitrogens with zero attached hydrogens (tertiary/aromatic N) is 4. The number of aliphatic imine (C=N–C) groups is 1. The third-order valence-electron chi connectivity index (χ3n) is 6.89. The Hall–Kier alpha value is -3.66. The number of fused-ring (bicyclic) bond motifs is 2. The van der Waals surface area contributed by atoms with Crippen LogP contribution in [0.3, 0.4) is 0 Å². The summed E-state index contributed by atoms with van der Waals surface area (Å²) in [6.07, 6.45) is 10.6. The fourth-order valence-electron chi connectivity index (χ4n) is 4.81. The topological polar surface area (TPSA) is 115 Å². The van der Waals surface area contributed by atoms with Crippen LogP contribution in [0.2, 0.25) is 0 Å². The van der Waals surface area contributed by atoms with Crippen LogP contribution in [0.25, 0.3) is 22.0 Å². The van der Waals surface area contributed by atoms with Crippen molar-refractivity contribution >= 4 is 39.5 Å². The second-order valence-electron chi connectivity index (χ2n) is 9.59. The van der Waals surface area contributed by atoms with E-state index in [0.29, 0.717) is 12.8 Å². The van der Waals surface area contributed by atoms with Crippen molar-refractivity contribution in [1.29, 1.82) is 0 Å². The predicted octanol–water partition coefficient (Wildman–Crippen LogP) is 4.52. The minimum absolute atomic E-state index is 0.0336. The fourth-order valence-corrected chi connectivity index (χ4v) is 5.76. The summed E-state index contributed by atoms with van der Waals surface area (Å²) < 4.78 is 0. The van der Waals surface area contributed by atoms with Gasteiger partial charge in [0, 0.05) is 55.6 Å². The molecule has 0 unspecified atom stereocenters. The first kappa shape index (κ1) is 26.0. The van der Waals surface area contributed by atoms with E-state index in [2.05, 4.69) is 53.7 Å². The van der Waals surface area contributed by atoms with E-state index >= 15 is 0 Å². The van der Waals surface area contributed by atoms with Crippen LogP contribution >= 0.6 is 11.8 Å².